The van der Waals surface area contributed by atoms with Gasteiger partial charge >= 0.3 is 5.97 Å². The number of hydrogen-bond donors (Lipinski definition) is 1. The molecule has 1 saturated heterocycles. The van der Waals surface area contributed by atoms with Crippen LogP contribution in [0, 0.1) is 0 Å². The molecule has 0 aromatic heterocycles. The van der Waals surface area contributed by atoms with E-state index in [-0.39, 0.29) is 17.9 Å². The highest BCUT2D eigenvalue weighted by atomic mass is 16.5. The standard InChI is InChI=1S/C15H21NO2/c1-2-18-15(17)14(12-8-4-3-5-9-12)13-10-6-7-11-16-13/h3-5,8-9,13-14,16H,2,6-7,10-11H2,1H3. The molecule has 1 N–H and O–H groups in total. The average molecular weight is 247 g/mol. The van der Waals surface area contributed by atoms with Crippen molar-refractivity contribution in [3.63, 3.8) is 0 Å². The highest BCUT2D eigenvalue weighted by Gasteiger charge is 2.31. The Morgan fingerprint density at radius 1 is 1.39 bits per heavy atom. The molecule has 2 atom stereocenters. The Balaban J connectivity index is 2.19. The smallest absolute Gasteiger partial charge is 0.315 e. The zero-order valence-electron chi connectivity index (χ0n) is 10.9. The van der Waals surface area contributed by atoms with E-state index in [9.17, 15) is 4.79 Å². The minimum Gasteiger partial charge on any atom is -0.465 e. The molecule has 0 saturated carbocycles. The van der Waals surface area contributed by atoms with Crippen LogP contribution in [0.5, 0.6) is 0 Å². The van der Waals surface area contributed by atoms with Crippen molar-refractivity contribution in [3.8, 4) is 0 Å². The molecule has 1 heterocycles. The molecule has 98 valence electrons. The molecule has 2 rings (SSSR count). The number of esters is 1. The van der Waals surface area contributed by atoms with Gasteiger partial charge in [0, 0.05) is 6.04 Å². The molecule has 0 aliphatic carbocycles. The van der Waals surface area contributed by atoms with Gasteiger partial charge in [0.15, 0.2) is 0 Å². The molecule has 0 spiro atoms. The maximum Gasteiger partial charge on any atom is 0.315 e. The van der Waals surface area contributed by atoms with Crippen LogP contribution in [-0.4, -0.2) is 25.2 Å². The van der Waals surface area contributed by atoms with E-state index in [4.69, 9.17) is 4.74 Å². The molecule has 1 fully saturated rings. The van der Waals surface area contributed by atoms with Crippen molar-refractivity contribution < 1.29 is 9.53 Å². The van der Waals surface area contributed by atoms with Crippen LogP contribution in [0.15, 0.2) is 30.3 Å². The van der Waals surface area contributed by atoms with Crippen molar-refractivity contribution >= 4 is 5.97 Å². The summed E-state index contributed by atoms with van der Waals surface area (Å²) in [6.45, 7) is 3.29. The Kier molecular flexibility index (Phi) is 4.76. The number of rotatable bonds is 4. The average Bonchev–Trinajstić information content (AvgIpc) is 2.42. The second-order valence-corrected chi connectivity index (χ2v) is 4.70. The van der Waals surface area contributed by atoms with Gasteiger partial charge in [-0.1, -0.05) is 36.8 Å². The minimum absolute atomic E-state index is 0.108. The van der Waals surface area contributed by atoms with Crippen LogP contribution in [0.25, 0.3) is 0 Å². The number of carbonyl (C=O) groups excluding carboxylic acids is 1. The zero-order valence-corrected chi connectivity index (χ0v) is 10.9. The summed E-state index contributed by atoms with van der Waals surface area (Å²) in [6.07, 6.45) is 3.42. The predicted molar refractivity (Wildman–Crippen MR) is 71.5 cm³/mol. The molecular formula is C15H21NO2. The molecule has 1 aliphatic heterocycles. The largest absolute Gasteiger partial charge is 0.465 e. The van der Waals surface area contributed by atoms with Crippen LogP contribution in [0.4, 0.5) is 0 Å². The quantitative estimate of drug-likeness (QED) is 0.831. The van der Waals surface area contributed by atoms with E-state index in [0.29, 0.717) is 6.61 Å². The summed E-state index contributed by atoms with van der Waals surface area (Å²) in [6, 6.07) is 10.2. The summed E-state index contributed by atoms with van der Waals surface area (Å²) >= 11 is 0. The van der Waals surface area contributed by atoms with Gasteiger partial charge < -0.3 is 10.1 Å². The maximum atomic E-state index is 12.2. The third kappa shape index (κ3) is 3.10. The predicted octanol–water partition coefficient (Wildman–Crippen LogP) is 2.48. The summed E-state index contributed by atoms with van der Waals surface area (Å²) in [5.74, 6) is -0.283. The third-order valence-corrected chi connectivity index (χ3v) is 3.45. The first-order valence-corrected chi connectivity index (χ1v) is 6.78. The fourth-order valence-electron chi connectivity index (χ4n) is 2.59. The normalized spacial score (nSPS) is 21.3. The lowest BCUT2D eigenvalue weighted by atomic mass is 9.86. The Morgan fingerprint density at radius 2 is 2.17 bits per heavy atom. The van der Waals surface area contributed by atoms with Crippen LogP contribution in [-0.2, 0) is 9.53 Å². The van der Waals surface area contributed by atoms with Gasteiger partial charge in [0.1, 0.15) is 0 Å². The van der Waals surface area contributed by atoms with Crippen LogP contribution in [0.1, 0.15) is 37.7 Å². The molecule has 1 aromatic carbocycles. The summed E-state index contributed by atoms with van der Waals surface area (Å²) in [5, 5.41) is 3.46. The van der Waals surface area contributed by atoms with Gasteiger partial charge in [-0.15, -0.1) is 0 Å². The van der Waals surface area contributed by atoms with Crippen LogP contribution in [0.3, 0.4) is 0 Å². The third-order valence-electron chi connectivity index (χ3n) is 3.45. The molecule has 0 radical (unpaired) electrons. The van der Waals surface area contributed by atoms with Crippen molar-refractivity contribution in [2.45, 2.75) is 38.1 Å². The number of benzene rings is 1. The van der Waals surface area contributed by atoms with E-state index in [2.05, 4.69) is 5.32 Å². The number of nitrogens with one attached hydrogen (secondary N) is 1. The summed E-state index contributed by atoms with van der Waals surface area (Å²) in [5.41, 5.74) is 1.05. The molecule has 0 amide bonds. The fraction of sp³-hybridized carbons (Fsp3) is 0.533. The number of hydrogen-bond acceptors (Lipinski definition) is 3. The summed E-state index contributed by atoms with van der Waals surface area (Å²) in [4.78, 5) is 12.2. The van der Waals surface area contributed by atoms with E-state index in [1.165, 1.54) is 12.8 Å². The molecule has 3 heteroatoms. The minimum atomic E-state index is -0.175. The zero-order chi connectivity index (χ0) is 12.8. The second-order valence-electron chi connectivity index (χ2n) is 4.70. The SMILES string of the molecule is CCOC(=O)C(c1ccccc1)C1CCCCN1. The van der Waals surface area contributed by atoms with E-state index in [1.807, 2.05) is 37.3 Å². The lowest BCUT2D eigenvalue weighted by Crippen LogP contribution is -2.42. The summed E-state index contributed by atoms with van der Waals surface area (Å²) < 4.78 is 5.23. The highest BCUT2D eigenvalue weighted by Crippen LogP contribution is 2.26. The number of ether oxygens (including phenoxy) is 1. The molecule has 18 heavy (non-hydrogen) atoms. The molecule has 2 unspecified atom stereocenters. The number of piperidine rings is 1. The lowest BCUT2D eigenvalue weighted by molar-refractivity contribution is -0.145. The van der Waals surface area contributed by atoms with E-state index in [0.717, 1.165) is 18.5 Å². The first-order valence-electron chi connectivity index (χ1n) is 6.78. The van der Waals surface area contributed by atoms with Crippen molar-refractivity contribution in [2.75, 3.05) is 13.2 Å². The van der Waals surface area contributed by atoms with Crippen LogP contribution in [0.2, 0.25) is 0 Å². The molecular weight excluding hydrogens is 226 g/mol. The fourth-order valence-corrected chi connectivity index (χ4v) is 2.59. The monoisotopic (exact) mass is 247 g/mol. The van der Waals surface area contributed by atoms with Crippen LogP contribution < -0.4 is 5.32 Å². The highest BCUT2D eigenvalue weighted by molar-refractivity contribution is 5.79. The van der Waals surface area contributed by atoms with Crippen molar-refractivity contribution in [3.05, 3.63) is 35.9 Å². The van der Waals surface area contributed by atoms with E-state index in [1.54, 1.807) is 0 Å². The van der Waals surface area contributed by atoms with Gasteiger partial charge in [-0.3, -0.25) is 4.79 Å². The number of carbonyl (C=O) groups is 1. The lowest BCUT2D eigenvalue weighted by Gasteiger charge is -2.30. The molecule has 3 nitrogen and oxygen atoms in total. The van der Waals surface area contributed by atoms with Gasteiger partial charge in [-0.25, -0.2) is 0 Å². The molecule has 0 bridgehead atoms. The van der Waals surface area contributed by atoms with E-state index < -0.39 is 0 Å². The summed E-state index contributed by atoms with van der Waals surface area (Å²) in [7, 11) is 0. The van der Waals surface area contributed by atoms with Gasteiger partial charge in [-0.2, -0.15) is 0 Å². The van der Waals surface area contributed by atoms with Crippen molar-refractivity contribution in [1.29, 1.82) is 0 Å². The van der Waals surface area contributed by atoms with Crippen molar-refractivity contribution in [1.82, 2.24) is 5.32 Å². The molecule has 1 aliphatic rings. The van der Waals surface area contributed by atoms with Crippen molar-refractivity contribution in [2.24, 2.45) is 0 Å². The van der Waals surface area contributed by atoms with Crippen LogP contribution >= 0.6 is 0 Å². The van der Waals surface area contributed by atoms with Gasteiger partial charge in [0.2, 0.25) is 0 Å². The Hall–Kier alpha value is -1.35. The molecule has 1 aromatic rings. The van der Waals surface area contributed by atoms with Gasteiger partial charge in [0.25, 0.3) is 0 Å². The maximum absolute atomic E-state index is 12.2. The Labute approximate surface area is 109 Å². The van der Waals surface area contributed by atoms with E-state index >= 15 is 0 Å². The topological polar surface area (TPSA) is 38.3 Å². The second kappa shape index (κ2) is 6.55. The first kappa shape index (κ1) is 13.1. The van der Waals surface area contributed by atoms with Gasteiger partial charge in [0.05, 0.1) is 12.5 Å². The first-order chi connectivity index (χ1) is 8.83. The van der Waals surface area contributed by atoms with Gasteiger partial charge in [-0.05, 0) is 31.9 Å². The Morgan fingerprint density at radius 3 is 2.78 bits per heavy atom. The Bertz CT molecular complexity index is 371.